The Labute approximate surface area is 200 Å². The van der Waals surface area contributed by atoms with Crippen molar-refractivity contribution in [3.8, 4) is 0 Å². The molecule has 1 saturated carbocycles. The molecule has 0 unspecified atom stereocenters. The van der Waals surface area contributed by atoms with Gasteiger partial charge in [0.1, 0.15) is 0 Å². The number of halogens is 1. The third kappa shape index (κ3) is 4.86. The van der Waals surface area contributed by atoms with E-state index < -0.39 is 10.0 Å². The number of thioether (sulfide) groups is 1. The van der Waals surface area contributed by atoms with E-state index in [1.807, 2.05) is 30.3 Å². The number of benzene rings is 2. The molecule has 0 bridgehead atoms. The zero-order valence-electron chi connectivity index (χ0n) is 18.6. The molecule has 1 aliphatic rings. The van der Waals surface area contributed by atoms with Crippen molar-refractivity contribution < 1.29 is 8.42 Å². The summed E-state index contributed by atoms with van der Waals surface area (Å²) in [6.07, 6.45) is 6.49. The number of rotatable bonds is 9. The highest BCUT2D eigenvalue weighted by molar-refractivity contribution is 7.98. The highest BCUT2D eigenvalue weighted by Crippen LogP contribution is 2.38. The molecule has 0 amide bonds. The number of nitrogens with zero attached hydrogens (tertiary/aromatic N) is 3. The van der Waals surface area contributed by atoms with Gasteiger partial charge in [-0.15, -0.1) is 0 Å². The van der Waals surface area contributed by atoms with Crippen LogP contribution in [0.25, 0.3) is 11.0 Å². The first-order chi connectivity index (χ1) is 15.4. The third-order valence-corrected chi connectivity index (χ3v) is 9.39. The molecule has 0 N–H and O–H groups in total. The van der Waals surface area contributed by atoms with Crippen LogP contribution in [0.2, 0.25) is 5.02 Å². The number of hydrogen-bond donors (Lipinski definition) is 0. The van der Waals surface area contributed by atoms with E-state index >= 15 is 0 Å². The average molecular weight is 492 g/mol. The van der Waals surface area contributed by atoms with Gasteiger partial charge in [0.2, 0.25) is 10.0 Å². The maximum atomic E-state index is 13.0. The van der Waals surface area contributed by atoms with Crippen molar-refractivity contribution in [1.29, 1.82) is 0 Å². The predicted molar refractivity (Wildman–Crippen MR) is 133 cm³/mol. The van der Waals surface area contributed by atoms with Crippen molar-refractivity contribution in [2.45, 2.75) is 67.3 Å². The molecule has 1 aromatic heterocycles. The molecular weight excluding hydrogens is 462 g/mol. The average Bonchev–Trinajstić information content (AvgIpc) is 3.43. The molecule has 2 aromatic carbocycles. The summed E-state index contributed by atoms with van der Waals surface area (Å²) < 4.78 is 29.9. The molecule has 0 saturated heterocycles. The van der Waals surface area contributed by atoms with Crippen LogP contribution in [-0.2, 0) is 15.8 Å². The minimum absolute atomic E-state index is 0.308. The van der Waals surface area contributed by atoms with Crippen LogP contribution >= 0.6 is 23.4 Å². The molecule has 32 heavy (non-hydrogen) atoms. The van der Waals surface area contributed by atoms with Crippen LogP contribution in [0.3, 0.4) is 0 Å². The second-order valence-corrected chi connectivity index (χ2v) is 11.8. The number of sulfonamides is 1. The van der Waals surface area contributed by atoms with Crippen molar-refractivity contribution in [3.05, 3.63) is 53.1 Å². The Morgan fingerprint density at radius 1 is 1.19 bits per heavy atom. The summed E-state index contributed by atoms with van der Waals surface area (Å²) in [7, 11) is -1.88. The van der Waals surface area contributed by atoms with Crippen LogP contribution in [0.4, 0.5) is 0 Å². The van der Waals surface area contributed by atoms with Crippen LogP contribution in [0.1, 0.15) is 57.1 Å². The summed E-state index contributed by atoms with van der Waals surface area (Å²) >= 11 is 8.03. The van der Waals surface area contributed by atoms with Crippen LogP contribution in [0, 0.1) is 0 Å². The first kappa shape index (κ1) is 23.6. The minimum Gasteiger partial charge on any atom is -0.316 e. The zero-order chi connectivity index (χ0) is 22.7. The molecule has 1 aliphatic carbocycles. The lowest BCUT2D eigenvalue weighted by Gasteiger charge is -2.18. The lowest BCUT2D eigenvalue weighted by atomic mass is 10.2. The van der Waals surface area contributed by atoms with Crippen molar-refractivity contribution in [3.63, 3.8) is 0 Å². The van der Waals surface area contributed by atoms with Crippen LogP contribution in [0.5, 0.6) is 0 Å². The summed E-state index contributed by atoms with van der Waals surface area (Å²) in [5.74, 6) is 0.723. The standard InChI is InChI=1S/C24H30ClN3O2S2/c1-3-4-15-27(2)32(29,30)20-13-14-23-22(16-20)26-24(28(23)19-10-6-7-11-19)31-17-18-9-5-8-12-21(18)25/h5,8-9,12-14,16,19H,3-4,6-7,10-11,15,17H2,1-2H3. The van der Waals surface area contributed by atoms with E-state index in [1.165, 1.54) is 17.1 Å². The first-order valence-electron chi connectivity index (χ1n) is 11.3. The first-order valence-corrected chi connectivity index (χ1v) is 14.1. The van der Waals surface area contributed by atoms with Gasteiger partial charge in [0.05, 0.1) is 15.9 Å². The maximum Gasteiger partial charge on any atom is 0.242 e. The Balaban J connectivity index is 1.69. The van der Waals surface area contributed by atoms with Crippen LogP contribution in [0.15, 0.2) is 52.5 Å². The largest absolute Gasteiger partial charge is 0.316 e. The smallest absolute Gasteiger partial charge is 0.242 e. The van der Waals surface area contributed by atoms with E-state index in [2.05, 4.69) is 11.5 Å². The summed E-state index contributed by atoms with van der Waals surface area (Å²) in [6.45, 7) is 2.58. The highest BCUT2D eigenvalue weighted by Gasteiger charge is 2.26. The second kappa shape index (κ2) is 10.2. The van der Waals surface area contributed by atoms with Crippen molar-refractivity contribution >= 4 is 44.4 Å². The van der Waals surface area contributed by atoms with Crippen molar-refractivity contribution in [1.82, 2.24) is 13.9 Å². The molecule has 0 radical (unpaired) electrons. The minimum atomic E-state index is -3.53. The number of fused-ring (bicyclic) bond motifs is 1. The Hall–Kier alpha value is -1.54. The van der Waals surface area contributed by atoms with E-state index in [1.54, 1.807) is 30.9 Å². The normalized spacial score (nSPS) is 15.2. The Morgan fingerprint density at radius 2 is 1.94 bits per heavy atom. The Kier molecular flexibility index (Phi) is 7.50. The number of imidazole rings is 1. The molecule has 172 valence electrons. The molecule has 0 spiro atoms. The van der Waals surface area contributed by atoms with E-state index in [9.17, 15) is 8.42 Å². The second-order valence-electron chi connectivity index (χ2n) is 8.41. The monoisotopic (exact) mass is 491 g/mol. The van der Waals surface area contributed by atoms with Crippen molar-refractivity contribution in [2.24, 2.45) is 0 Å². The fourth-order valence-electron chi connectivity index (χ4n) is 4.27. The SMILES string of the molecule is CCCCN(C)S(=O)(=O)c1ccc2c(c1)nc(SCc1ccccc1Cl)n2C1CCCC1. The van der Waals surface area contributed by atoms with Gasteiger partial charge >= 0.3 is 0 Å². The lowest BCUT2D eigenvalue weighted by Crippen LogP contribution is -2.27. The van der Waals surface area contributed by atoms with Gasteiger partial charge in [-0.2, -0.15) is 0 Å². The molecule has 1 fully saturated rings. The molecule has 1 heterocycles. The Bertz CT molecular complexity index is 1190. The molecule has 4 rings (SSSR count). The van der Waals surface area contributed by atoms with E-state index in [4.69, 9.17) is 16.6 Å². The van der Waals surface area contributed by atoms with Gasteiger partial charge in [-0.05, 0) is 49.1 Å². The third-order valence-electron chi connectivity index (χ3n) is 6.17. The quantitative estimate of drug-likeness (QED) is 0.320. The van der Waals surface area contributed by atoms with Crippen LogP contribution < -0.4 is 0 Å². The van der Waals surface area contributed by atoms with Gasteiger partial charge in [0.15, 0.2) is 5.16 Å². The van der Waals surface area contributed by atoms with Gasteiger partial charge in [-0.25, -0.2) is 17.7 Å². The number of hydrogen-bond acceptors (Lipinski definition) is 4. The van der Waals surface area contributed by atoms with Gasteiger partial charge < -0.3 is 4.57 Å². The van der Waals surface area contributed by atoms with Gasteiger partial charge in [0.25, 0.3) is 0 Å². The summed E-state index contributed by atoms with van der Waals surface area (Å²) in [5, 5.41) is 1.69. The molecule has 0 atom stereocenters. The number of aromatic nitrogens is 2. The lowest BCUT2D eigenvalue weighted by molar-refractivity contribution is 0.459. The molecule has 0 aliphatic heterocycles. The van der Waals surface area contributed by atoms with E-state index in [0.717, 1.165) is 58.2 Å². The highest BCUT2D eigenvalue weighted by atomic mass is 35.5. The molecule has 5 nitrogen and oxygen atoms in total. The number of unbranched alkanes of at least 4 members (excludes halogenated alkanes) is 1. The molecular formula is C24H30ClN3O2S2. The van der Waals surface area contributed by atoms with E-state index in [-0.39, 0.29) is 0 Å². The summed E-state index contributed by atoms with van der Waals surface area (Å²) in [6, 6.07) is 13.7. The maximum absolute atomic E-state index is 13.0. The summed E-state index contributed by atoms with van der Waals surface area (Å²) in [4.78, 5) is 5.21. The van der Waals surface area contributed by atoms with E-state index in [0.29, 0.717) is 17.5 Å². The van der Waals surface area contributed by atoms with Gasteiger partial charge in [-0.1, -0.05) is 67.7 Å². The molecule has 8 heteroatoms. The zero-order valence-corrected chi connectivity index (χ0v) is 21.0. The van der Waals surface area contributed by atoms with Crippen LogP contribution in [-0.4, -0.2) is 35.9 Å². The Morgan fingerprint density at radius 3 is 2.66 bits per heavy atom. The van der Waals surface area contributed by atoms with Gasteiger partial charge in [-0.3, -0.25) is 0 Å². The molecule has 3 aromatic rings. The fourth-order valence-corrected chi connectivity index (χ4v) is 6.87. The van der Waals surface area contributed by atoms with Crippen molar-refractivity contribution in [2.75, 3.05) is 13.6 Å². The fraction of sp³-hybridized carbons (Fsp3) is 0.458. The topological polar surface area (TPSA) is 55.2 Å². The summed E-state index contributed by atoms with van der Waals surface area (Å²) in [5.41, 5.74) is 2.82. The van der Waals surface area contributed by atoms with Gasteiger partial charge in [0, 0.05) is 30.4 Å². The predicted octanol–water partition coefficient (Wildman–Crippen LogP) is 6.52.